The average molecular weight is 369 g/mol. The summed E-state index contributed by atoms with van der Waals surface area (Å²) in [6, 6.07) is 9.24. The first-order chi connectivity index (χ1) is 11.2. The van der Waals surface area contributed by atoms with E-state index in [2.05, 4.69) is 20.3 Å². The van der Waals surface area contributed by atoms with Crippen molar-refractivity contribution >= 4 is 36.9 Å². The third kappa shape index (κ3) is 3.01. The molecule has 0 aromatic heterocycles. The highest BCUT2D eigenvalue weighted by molar-refractivity contribution is 8.41. The van der Waals surface area contributed by atoms with Gasteiger partial charge < -0.3 is 10.6 Å². The van der Waals surface area contributed by atoms with Crippen LogP contribution in [0.4, 0.5) is 4.79 Å². The number of carbonyl (C=O) groups excluding carboxylic acids is 1. The summed E-state index contributed by atoms with van der Waals surface area (Å²) in [7, 11) is -2.70. The standard InChI is InChI=1S/C16H24N4O2S2/c1-5-18-15(21)24(22,17-4,11-12-9-7-6-8-10-12)14-19-13(23)16(2,3)20-14/h6-10H,5,11H2,1-4H3,(H,17,22)(H,18,21)(H,19,20,23). The van der Waals surface area contributed by atoms with Crippen molar-refractivity contribution in [2.24, 2.45) is 4.99 Å². The summed E-state index contributed by atoms with van der Waals surface area (Å²) in [4.78, 5) is 17.9. The van der Waals surface area contributed by atoms with Crippen LogP contribution >= 0.6 is 12.2 Å². The van der Waals surface area contributed by atoms with E-state index in [1.807, 2.05) is 44.2 Å². The molecule has 0 bridgehead atoms. The SMILES string of the molecule is CCNC(=O)S(=O)(Cc1ccccc1)(NC)C1=NC(C)(C)C(=S)N1. The van der Waals surface area contributed by atoms with Crippen LogP contribution < -0.4 is 15.4 Å². The van der Waals surface area contributed by atoms with E-state index in [-0.39, 0.29) is 10.9 Å². The van der Waals surface area contributed by atoms with Crippen molar-refractivity contribution in [3.8, 4) is 0 Å². The molecule has 8 heteroatoms. The molecular weight excluding hydrogens is 344 g/mol. The minimum absolute atomic E-state index is 0.00486. The zero-order valence-corrected chi connectivity index (χ0v) is 16.0. The Bertz CT molecular complexity index is 759. The molecule has 1 aliphatic rings. The maximum Gasteiger partial charge on any atom is 0.307 e. The number of rotatable bonds is 4. The molecule has 1 heterocycles. The van der Waals surface area contributed by atoms with Crippen LogP contribution in [0.3, 0.4) is 0 Å². The van der Waals surface area contributed by atoms with Crippen molar-refractivity contribution in [2.45, 2.75) is 32.1 Å². The third-order valence-corrected chi connectivity index (χ3v) is 8.29. The molecule has 0 aliphatic carbocycles. The molecule has 1 aromatic rings. The van der Waals surface area contributed by atoms with Gasteiger partial charge in [0.25, 0.3) is 0 Å². The maximum absolute atomic E-state index is 14.3. The van der Waals surface area contributed by atoms with Gasteiger partial charge in [0.05, 0.1) is 15.0 Å². The molecule has 1 aromatic carbocycles. The summed E-state index contributed by atoms with van der Waals surface area (Å²) in [5.41, 5.74) is 0.0716. The average Bonchev–Trinajstić information content (AvgIpc) is 2.83. The van der Waals surface area contributed by atoms with Crippen LogP contribution in [0.2, 0.25) is 0 Å². The second kappa shape index (κ2) is 6.34. The number of hydrogen-bond acceptors (Lipinski definition) is 4. The second-order valence-corrected chi connectivity index (χ2v) is 10.3. The van der Waals surface area contributed by atoms with Crippen molar-refractivity contribution in [3.05, 3.63) is 35.9 Å². The number of benzene rings is 1. The fourth-order valence-electron chi connectivity index (χ4n) is 2.46. The second-order valence-electron chi connectivity index (χ2n) is 6.19. The minimum Gasteiger partial charge on any atom is -0.345 e. The van der Waals surface area contributed by atoms with E-state index in [1.54, 1.807) is 6.92 Å². The van der Waals surface area contributed by atoms with Gasteiger partial charge in [-0.25, -0.2) is 9.71 Å². The molecule has 0 unspecified atom stereocenters. The van der Waals surface area contributed by atoms with Crippen molar-refractivity contribution in [2.75, 3.05) is 13.6 Å². The van der Waals surface area contributed by atoms with E-state index in [4.69, 9.17) is 12.2 Å². The van der Waals surface area contributed by atoms with E-state index < -0.39 is 20.0 Å². The van der Waals surface area contributed by atoms with Gasteiger partial charge in [0.1, 0.15) is 10.5 Å². The normalized spacial score (nSPS) is 18.2. The van der Waals surface area contributed by atoms with Gasteiger partial charge in [0, 0.05) is 6.54 Å². The van der Waals surface area contributed by atoms with Gasteiger partial charge in [-0.15, -0.1) is 0 Å². The predicted octanol–water partition coefficient (Wildman–Crippen LogP) is 1.94. The molecule has 2 rings (SSSR count). The lowest BCUT2D eigenvalue weighted by Gasteiger charge is -2.39. The minimum atomic E-state index is -4.22. The van der Waals surface area contributed by atoms with Crippen molar-refractivity contribution in [1.82, 2.24) is 15.4 Å². The quantitative estimate of drug-likeness (QED) is 0.709. The number of thiocarbonyl (C=S) groups is 1. The number of amidine groups is 1. The van der Waals surface area contributed by atoms with Crippen LogP contribution in [0.1, 0.15) is 26.3 Å². The van der Waals surface area contributed by atoms with Crippen LogP contribution in [-0.4, -0.2) is 38.7 Å². The third-order valence-electron chi connectivity index (χ3n) is 4.00. The number of carbonyl (C=O) groups is 1. The molecule has 0 atom stereocenters. The van der Waals surface area contributed by atoms with Gasteiger partial charge in [0.15, 0.2) is 5.17 Å². The number of hydrogen-bond donors (Lipinski definition) is 3. The van der Waals surface area contributed by atoms with Crippen LogP contribution in [-0.2, 0) is 15.0 Å². The molecule has 0 saturated heterocycles. The lowest BCUT2D eigenvalue weighted by molar-refractivity contribution is 0.259. The highest BCUT2D eigenvalue weighted by atomic mass is 32.3. The van der Waals surface area contributed by atoms with Gasteiger partial charge >= 0.3 is 5.24 Å². The Balaban J connectivity index is 2.63. The molecule has 0 saturated carbocycles. The Hall–Kier alpha value is -1.64. The smallest absolute Gasteiger partial charge is 0.307 e. The first-order valence-electron chi connectivity index (χ1n) is 7.75. The molecule has 132 valence electrons. The van der Waals surface area contributed by atoms with Gasteiger partial charge in [-0.1, -0.05) is 42.5 Å². The monoisotopic (exact) mass is 368 g/mol. The summed E-state index contributed by atoms with van der Waals surface area (Å²) in [5, 5.41) is 5.15. The Morgan fingerprint density at radius 1 is 1.33 bits per heavy atom. The van der Waals surface area contributed by atoms with Gasteiger partial charge in [0.2, 0.25) is 0 Å². The largest absolute Gasteiger partial charge is 0.345 e. The van der Waals surface area contributed by atoms with E-state index in [0.717, 1.165) is 5.56 Å². The van der Waals surface area contributed by atoms with Crippen molar-refractivity contribution in [3.63, 3.8) is 0 Å². The Kier molecular flexibility index (Phi) is 4.94. The predicted molar refractivity (Wildman–Crippen MR) is 104 cm³/mol. The number of amides is 1. The van der Waals surface area contributed by atoms with E-state index >= 15 is 0 Å². The molecular formula is C16H24N4O2S2. The molecule has 24 heavy (non-hydrogen) atoms. The summed E-state index contributed by atoms with van der Waals surface area (Å²) in [6.45, 7) is 5.79. The summed E-state index contributed by atoms with van der Waals surface area (Å²) in [6.07, 6.45) is 0. The van der Waals surface area contributed by atoms with Crippen LogP contribution in [0, 0.1) is 0 Å². The topological polar surface area (TPSA) is 82.6 Å². The van der Waals surface area contributed by atoms with E-state index in [1.165, 1.54) is 7.05 Å². The highest BCUT2D eigenvalue weighted by Crippen LogP contribution is 2.33. The van der Waals surface area contributed by atoms with Crippen molar-refractivity contribution in [1.29, 1.82) is 0 Å². The van der Waals surface area contributed by atoms with Gasteiger partial charge in [-0.05, 0) is 33.4 Å². The van der Waals surface area contributed by atoms with Crippen LogP contribution in [0.25, 0.3) is 0 Å². The van der Waals surface area contributed by atoms with E-state index in [9.17, 15) is 9.00 Å². The first kappa shape index (κ1) is 18.7. The Labute approximate surface area is 148 Å². The first-order valence-corrected chi connectivity index (χ1v) is 10.3. The zero-order valence-electron chi connectivity index (χ0n) is 14.4. The number of nitrogens with one attached hydrogen (secondary N) is 3. The fraction of sp³-hybridized carbons (Fsp3) is 0.438. The fourth-order valence-corrected chi connectivity index (χ4v) is 5.65. The molecule has 3 N–H and O–H groups in total. The lowest BCUT2D eigenvalue weighted by atomic mass is 10.1. The summed E-state index contributed by atoms with van der Waals surface area (Å²) in [5.74, 6) is 0.00486. The number of nitrogens with zero attached hydrogens (tertiary/aromatic N) is 1. The van der Waals surface area contributed by atoms with Crippen LogP contribution in [0.15, 0.2) is 35.3 Å². The van der Waals surface area contributed by atoms with Crippen molar-refractivity contribution < 1.29 is 9.00 Å². The maximum atomic E-state index is 14.3. The van der Waals surface area contributed by atoms with E-state index in [0.29, 0.717) is 11.5 Å². The molecule has 6 nitrogen and oxygen atoms in total. The van der Waals surface area contributed by atoms with Gasteiger partial charge in [-0.2, -0.15) is 0 Å². The summed E-state index contributed by atoms with van der Waals surface area (Å²) >= 11 is 5.31. The van der Waals surface area contributed by atoms with Gasteiger partial charge in [-0.3, -0.25) is 9.00 Å². The lowest BCUT2D eigenvalue weighted by Crippen LogP contribution is -2.65. The number of aliphatic imine (C=N–C) groups is 1. The molecule has 0 spiro atoms. The molecule has 1 aliphatic heterocycles. The summed E-state index contributed by atoms with van der Waals surface area (Å²) < 4.78 is 17.1. The molecule has 0 fully saturated rings. The Morgan fingerprint density at radius 3 is 2.42 bits per heavy atom. The Morgan fingerprint density at radius 2 is 1.96 bits per heavy atom. The molecule has 0 radical (unpaired) electrons. The highest BCUT2D eigenvalue weighted by Gasteiger charge is 2.52. The van der Waals surface area contributed by atoms with Crippen LogP contribution in [0.5, 0.6) is 0 Å². The molecule has 1 amide bonds. The zero-order chi connectivity index (χ0) is 18.0.